The van der Waals surface area contributed by atoms with Gasteiger partial charge in [0.05, 0.1) is 0 Å². The fourth-order valence-electron chi connectivity index (χ4n) is 3.15. The lowest BCUT2D eigenvalue weighted by molar-refractivity contribution is 0.0721. The number of hydrogen-bond donors (Lipinski definition) is 1. The number of unbranched alkanes of at least 4 members (excludes halogenated alkanes) is 3. The maximum absolute atomic E-state index is 12.9. The molecular formula is C26H34O4Si. The van der Waals surface area contributed by atoms with E-state index in [4.69, 9.17) is 9.16 Å². The Balaban J connectivity index is 2.45. The van der Waals surface area contributed by atoms with E-state index in [1.54, 1.807) is 6.07 Å². The zero-order valence-corrected chi connectivity index (χ0v) is 20.4. The molecule has 5 heteroatoms. The molecule has 4 nitrogen and oxygen atoms in total. The van der Waals surface area contributed by atoms with Gasteiger partial charge in [-0.2, -0.15) is 0 Å². The van der Waals surface area contributed by atoms with Crippen molar-refractivity contribution >= 4 is 14.3 Å². The van der Waals surface area contributed by atoms with Gasteiger partial charge < -0.3 is 14.3 Å². The highest BCUT2D eigenvalue weighted by Crippen LogP contribution is 2.36. The molecular weight excluding hydrogens is 404 g/mol. The topological polar surface area (TPSA) is 55.8 Å². The number of aromatic hydroxyl groups is 1. The van der Waals surface area contributed by atoms with Crippen LogP contribution in [0.4, 0.5) is 0 Å². The van der Waals surface area contributed by atoms with Gasteiger partial charge in [-0.05, 0) is 44.1 Å². The number of phenolic OH excluding ortho intramolecular Hbond substituents is 1. The van der Waals surface area contributed by atoms with Crippen LogP contribution in [0, 0.1) is 11.8 Å². The van der Waals surface area contributed by atoms with Gasteiger partial charge in [-0.3, -0.25) is 0 Å². The monoisotopic (exact) mass is 438 g/mol. The van der Waals surface area contributed by atoms with E-state index in [1.807, 2.05) is 56.9 Å². The van der Waals surface area contributed by atoms with Crippen LogP contribution in [0.5, 0.6) is 11.5 Å². The zero-order valence-electron chi connectivity index (χ0n) is 19.4. The number of carbonyl (C=O) groups is 1. The summed E-state index contributed by atoms with van der Waals surface area (Å²) in [5.74, 6) is 6.19. The highest BCUT2D eigenvalue weighted by molar-refractivity contribution is 6.71. The van der Waals surface area contributed by atoms with Gasteiger partial charge >= 0.3 is 5.97 Å². The molecule has 0 spiro atoms. The summed E-state index contributed by atoms with van der Waals surface area (Å²) in [7, 11) is -2.14. The fraction of sp³-hybridized carbons (Fsp3) is 0.423. The van der Waals surface area contributed by atoms with Crippen molar-refractivity contribution in [2.45, 2.75) is 72.2 Å². The normalized spacial score (nSPS) is 10.9. The number of carbonyl (C=O) groups excluding carboxylic acids is 1. The van der Waals surface area contributed by atoms with E-state index >= 15 is 0 Å². The summed E-state index contributed by atoms with van der Waals surface area (Å²) in [6, 6.07) is 11.6. The minimum Gasteiger partial charge on any atom is -0.516 e. The summed E-state index contributed by atoms with van der Waals surface area (Å²) in [6.45, 7) is 10.3. The van der Waals surface area contributed by atoms with E-state index in [2.05, 4.69) is 18.8 Å². The number of rotatable bonds is 9. The molecule has 0 aliphatic carbocycles. The minimum atomic E-state index is -2.14. The summed E-state index contributed by atoms with van der Waals surface area (Å²) in [4.78, 5) is 12.9. The molecule has 0 aliphatic heterocycles. The van der Waals surface area contributed by atoms with E-state index in [1.165, 1.54) is 0 Å². The smallest absolute Gasteiger partial charge is 0.329 e. The summed E-state index contributed by atoms with van der Waals surface area (Å²) >= 11 is 0. The van der Waals surface area contributed by atoms with E-state index in [0.717, 1.165) is 31.2 Å². The fourth-order valence-corrected chi connectivity index (χ4v) is 3.81. The Hall–Kier alpha value is -2.71. The Kier molecular flexibility index (Phi) is 9.20. The highest BCUT2D eigenvalue weighted by Gasteiger charge is 2.28. The molecule has 0 atom stereocenters. The van der Waals surface area contributed by atoms with Crippen LogP contribution < -0.4 is 4.74 Å². The van der Waals surface area contributed by atoms with E-state index in [0.29, 0.717) is 29.9 Å². The van der Waals surface area contributed by atoms with Crippen molar-refractivity contribution in [3.05, 3.63) is 58.7 Å². The van der Waals surface area contributed by atoms with Gasteiger partial charge in [-0.25, -0.2) is 4.79 Å². The zero-order chi connectivity index (χ0) is 22.9. The number of ether oxygens (including phenoxy) is 1. The Labute approximate surface area is 187 Å². The summed E-state index contributed by atoms with van der Waals surface area (Å²) < 4.78 is 11.7. The molecule has 0 heterocycles. The first-order valence-electron chi connectivity index (χ1n) is 11.0. The molecule has 0 amide bonds. The van der Waals surface area contributed by atoms with E-state index < -0.39 is 14.3 Å². The van der Waals surface area contributed by atoms with Crippen molar-refractivity contribution in [2.24, 2.45) is 0 Å². The SMILES string of the molecule is CCCCCC#Cc1cc(OCc2ccccc2)c(CC)c(O)c1C(=O)O[Si](C)(C)C. The van der Waals surface area contributed by atoms with Gasteiger partial charge in [0.2, 0.25) is 8.32 Å². The number of benzene rings is 2. The third-order valence-electron chi connectivity index (χ3n) is 4.69. The van der Waals surface area contributed by atoms with Gasteiger partial charge in [-0.1, -0.05) is 68.9 Å². The molecule has 2 aromatic carbocycles. The molecule has 2 rings (SSSR count). The molecule has 0 aromatic heterocycles. The lowest BCUT2D eigenvalue weighted by Crippen LogP contribution is -2.29. The Bertz CT molecular complexity index is 934. The van der Waals surface area contributed by atoms with Crippen molar-refractivity contribution in [3.8, 4) is 23.3 Å². The van der Waals surface area contributed by atoms with Crippen LogP contribution >= 0.6 is 0 Å². The average molecular weight is 439 g/mol. The second kappa shape index (κ2) is 11.6. The van der Waals surface area contributed by atoms with Crippen LogP contribution in [0.3, 0.4) is 0 Å². The second-order valence-electron chi connectivity index (χ2n) is 8.51. The molecule has 1 N–H and O–H groups in total. The third kappa shape index (κ3) is 7.48. The molecule has 166 valence electrons. The van der Waals surface area contributed by atoms with E-state index in [9.17, 15) is 9.90 Å². The van der Waals surface area contributed by atoms with Crippen LogP contribution in [0.25, 0.3) is 0 Å². The second-order valence-corrected chi connectivity index (χ2v) is 12.9. The van der Waals surface area contributed by atoms with Crippen LogP contribution in [0.1, 0.15) is 66.6 Å². The quantitative estimate of drug-likeness (QED) is 0.277. The van der Waals surface area contributed by atoms with Gasteiger partial charge in [0, 0.05) is 17.5 Å². The molecule has 2 aromatic rings. The Morgan fingerprint density at radius 2 is 1.81 bits per heavy atom. The predicted octanol–water partition coefficient (Wildman–Crippen LogP) is 6.46. The lowest BCUT2D eigenvalue weighted by Gasteiger charge is -2.20. The predicted molar refractivity (Wildman–Crippen MR) is 128 cm³/mol. The van der Waals surface area contributed by atoms with Crippen molar-refractivity contribution in [3.63, 3.8) is 0 Å². The maximum atomic E-state index is 12.9. The first-order valence-corrected chi connectivity index (χ1v) is 14.4. The third-order valence-corrected chi connectivity index (χ3v) is 5.48. The summed E-state index contributed by atoms with van der Waals surface area (Å²) in [5.41, 5.74) is 2.22. The first kappa shape index (κ1) is 24.6. The highest BCUT2D eigenvalue weighted by atomic mass is 28.4. The van der Waals surface area contributed by atoms with Crippen LogP contribution in [0.15, 0.2) is 36.4 Å². The number of phenols is 1. The van der Waals surface area contributed by atoms with Gasteiger partial charge in [0.25, 0.3) is 0 Å². The van der Waals surface area contributed by atoms with Crippen molar-refractivity contribution in [2.75, 3.05) is 0 Å². The van der Waals surface area contributed by atoms with E-state index in [-0.39, 0.29) is 11.3 Å². The van der Waals surface area contributed by atoms with Gasteiger partial charge in [-0.15, -0.1) is 0 Å². The van der Waals surface area contributed by atoms with Crippen LogP contribution in [-0.2, 0) is 17.5 Å². The molecule has 0 saturated carbocycles. The Morgan fingerprint density at radius 1 is 1.10 bits per heavy atom. The lowest BCUT2D eigenvalue weighted by atomic mass is 9.99. The maximum Gasteiger partial charge on any atom is 0.329 e. The molecule has 0 bridgehead atoms. The van der Waals surface area contributed by atoms with Gasteiger partial charge in [0.15, 0.2) is 0 Å². The minimum absolute atomic E-state index is 0.0887. The molecule has 0 radical (unpaired) electrons. The Morgan fingerprint density at radius 3 is 2.42 bits per heavy atom. The average Bonchev–Trinajstić information content (AvgIpc) is 2.71. The molecule has 0 saturated heterocycles. The molecule has 0 aliphatic rings. The van der Waals surface area contributed by atoms with Crippen molar-refractivity contribution < 1.29 is 19.1 Å². The molecule has 0 unspecified atom stereocenters. The summed E-state index contributed by atoms with van der Waals surface area (Å²) in [6.07, 6.45) is 4.51. The van der Waals surface area contributed by atoms with Crippen molar-refractivity contribution in [1.82, 2.24) is 0 Å². The van der Waals surface area contributed by atoms with Gasteiger partial charge in [0.1, 0.15) is 23.7 Å². The summed E-state index contributed by atoms with van der Waals surface area (Å²) in [5, 5.41) is 11.0. The standard InChI is InChI=1S/C26H34O4Si/c1-6-8-9-10-14-17-21-18-23(29-19-20-15-12-11-13-16-20)22(7-2)25(27)24(21)26(28)30-31(3,4)5/h11-13,15-16,18,27H,6-10,19H2,1-5H3. The molecule has 31 heavy (non-hydrogen) atoms. The molecule has 0 fully saturated rings. The largest absolute Gasteiger partial charge is 0.516 e. The number of hydrogen-bond acceptors (Lipinski definition) is 4. The van der Waals surface area contributed by atoms with Crippen molar-refractivity contribution in [1.29, 1.82) is 0 Å². The van der Waals surface area contributed by atoms with Crippen LogP contribution in [-0.4, -0.2) is 19.4 Å². The van der Waals surface area contributed by atoms with Crippen LogP contribution in [0.2, 0.25) is 19.6 Å². The first-order chi connectivity index (χ1) is 14.8.